The number of alkyl carbamates (subject to hydrolysis) is 1. The average Bonchev–Trinajstić information content (AvgIpc) is 3.06. The monoisotopic (exact) mass is 377 g/mol. The number of benzene rings is 2. The minimum absolute atomic E-state index is 0.0504. The maximum Gasteiger partial charge on any atom is 0.407 e. The molecule has 0 aliphatic heterocycles. The first kappa shape index (κ1) is 18.8. The lowest BCUT2D eigenvalue weighted by Gasteiger charge is -2.28. The molecule has 146 valence electrons. The summed E-state index contributed by atoms with van der Waals surface area (Å²) >= 11 is 0. The van der Waals surface area contributed by atoms with E-state index in [-0.39, 0.29) is 18.6 Å². The largest absolute Gasteiger partial charge is 0.449 e. The Balaban J connectivity index is 1.42. The highest BCUT2D eigenvalue weighted by Gasteiger charge is 2.30. The smallest absolute Gasteiger partial charge is 0.407 e. The van der Waals surface area contributed by atoms with Gasteiger partial charge in [-0.15, -0.1) is 0 Å². The van der Waals surface area contributed by atoms with Crippen LogP contribution in [0.1, 0.15) is 42.7 Å². The molecule has 1 amide bonds. The van der Waals surface area contributed by atoms with Gasteiger partial charge in [0, 0.05) is 18.6 Å². The second-order valence-electron chi connectivity index (χ2n) is 7.63. The third-order valence-corrected chi connectivity index (χ3v) is 5.97. The minimum atomic E-state index is -0.394. The molecule has 0 heterocycles. The second-order valence-corrected chi connectivity index (χ2v) is 7.63. The summed E-state index contributed by atoms with van der Waals surface area (Å²) < 4.78 is 5.66. The van der Waals surface area contributed by atoms with Crippen molar-refractivity contribution in [1.29, 1.82) is 0 Å². The number of rotatable bonds is 6. The minimum Gasteiger partial charge on any atom is -0.449 e. The summed E-state index contributed by atoms with van der Waals surface area (Å²) in [6.45, 7) is 0.380. The van der Waals surface area contributed by atoms with Crippen LogP contribution in [0.4, 0.5) is 4.79 Å². The lowest BCUT2D eigenvalue weighted by molar-refractivity contribution is 0.130. The Hall–Kier alpha value is -2.59. The molecule has 0 fully saturated rings. The predicted molar refractivity (Wildman–Crippen MR) is 110 cm³/mol. The van der Waals surface area contributed by atoms with E-state index >= 15 is 0 Å². The van der Waals surface area contributed by atoms with E-state index in [2.05, 4.69) is 41.7 Å². The molecule has 2 unspecified atom stereocenters. The number of carbonyl (C=O) groups excluding carboxylic acids is 1. The lowest BCUT2D eigenvalue weighted by Crippen LogP contribution is -2.42. The van der Waals surface area contributed by atoms with Gasteiger partial charge in [-0.2, -0.15) is 0 Å². The fourth-order valence-corrected chi connectivity index (χ4v) is 4.54. The van der Waals surface area contributed by atoms with Crippen LogP contribution in [0, 0.1) is 5.92 Å². The van der Waals surface area contributed by atoms with Crippen molar-refractivity contribution in [1.82, 2.24) is 5.32 Å². The van der Waals surface area contributed by atoms with Crippen LogP contribution in [-0.4, -0.2) is 30.5 Å². The quantitative estimate of drug-likeness (QED) is 0.722. The fourth-order valence-electron chi connectivity index (χ4n) is 4.54. The van der Waals surface area contributed by atoms with E-state index in [1.807, 2.05) is 24.3 Å². The summed E-state index contributed by atoms with van der Waals surface area (Å²) in [6, 6.07) is 16.6. The highest BCUT2D eigenvalue weighted by atomic mass is 16.5. The van der Waals surface area contributed by atoms with Gasteiger partial charge in [0.1, 0.15) is 6.61 Å². The second kappa shape index (κ2) is 8.61. The Morgan fingerprint density at radius 2 is 1.75 bits per heavy atom. The Morgan fingerprint density at radius 3 is 2.36 bits per heavy atom. The van der Waals surface area contributed by atoms with Crippen LogP contribution in [0.15, 0.2) is 60.7 Å². The molecule has 0 radical (unpaired) electrons. The highest BCUT2D eigenvalue weighted by molar-refractivity contribution is 5.79. The van der Waals surface area contributed by atoms with Gasteiger partial charge in [0.25, 0.3) is 0 Å². The van der Waals surface area contributed by atoms with Crippen LogP contribution >= 0.6 is 0 Å². The zero-order chi connectivity index (χ0) is 19.3. The summed E-state index contributed by atoms with van der Waals surface area (Å²) in [5, 5.41) is 12.4. The van der Waals surface area contributed by atoms with Crippen molar-refractivity contribution in [3.63, 3.8) is 0 Å². The van der Waals surface area contributed by atoms with Gasteiger partial charge in [-0.1, -0.05) is 60.7 Å². The number of hydrogen-bond donors (Lipinski definition) is 2. The van der Waals surface area contributed by atoms with Crippen LogP contribution in [0.5, 0.6) is 0 Å². The van der Waals surface area contributed by atoms with Gasteiger partial charge in [-0.05, 0) is 53.9 Å². The number of hydrogen-bond acceptors (Lipinski definition) is 3. The molecular weight excluding hydrogens is 350 g/mol. The van der Waals surface area contributed by atoms with Crippen molar-refractivity contribution in [2.45, 2.75) is 37.6 Å². The third-order valence-electron chi connectivity index (χ3n) is 5.97. The molecule has 2 aromatic carbocycles. The summed E-state index contributed by atoms with van der Waals surface area (Å²) in [5.74, 6) is 0.421. The number of aliphatic hydroxyl groups excluding tert-OH is 1. The summed E-state index contributed by atoms with van der Waals surface area (Å²) in [5.41, 5.74) is 4.86. The molecule has 4 heteroatoms. The molecule has 0 saturated heterocycles. The SMILES string of the molecule is O=C(NC(CCO)C1CC=CCC1)OCC1c2ccccc2-c2ccccc21. The van der Waals surface area contributed by atoms with Crippen molar-refractivity contribution in [2.24, 2.45) is 5.92 Å². The molecule has 2 aliphatic carbocycles. The number of aliphatic hydroxyl groups is 1. The van der Waals surface area contributed by atoms with E-state index in [1.165, 1.54) is 22.3 Å². The molecule has 28 heavy (non-hydrogen) atoms. The van der Waals surface area contributed by atoms with Gasteiger partial charge in [-0.3, -0.25) is 0 Å². The van der Waals surface area contributed by atoms with Gasteiger partial charge >= 0.3 is 6.09 Å². The highest BCUT2D eigenvalue weighted by Crippen LogP contribution is 2.44. The van der Waals surface area contributed by atoms with Crippen molar-refractivity contribution in [2.75, 3.05) is 13.2 Å². The molecule has 2 N–H and O–H groups in total. The third kappa shape index (κ3) is 3.83. The molecule has 0 spiro atoms. The zero-order valence-electron chi connectivity index (χ0n) is 16.0. The van der Waals surface area contributed by atoms with E-state index < -0.39 is 6.09 Å². The van der Waals surface area contributed by atoms with E-state index in [0.717, 1.165) is 19.3 Å². The number of fused-ring (bicyclic) bond motifs is 3. The van der Waals surface area contributed by atoms with Gasteiger partial charge in [-0.25, -0.2) is 4.79 Å². The van der Waals surface area contributed by atoms with Crippen molar-refractivity contribution in [3.8, 4) is 11.1 Å². The maximum absolute atomic E-state index is 12.5. The molecule has 0 aromatic heterocycles. The Labute approximate surface area is 166 Å². The number of carbonyl (C=O) groups is 1. The first-order chi connectivity index (χ1) is 13.8. The fraction of sp³-hybridized carbons (Fsp3) is 0.375. The Morgan fingerprint density at radius 1 is 1.07 bits per heavy atom. The lowest BCUT2D eigenvalue weighted by atomic mass is 9.86. The molecule has 0 bridgehead atoms. The molecule has 4 rings (SSSR count). The van der Waals surface area contributed by atoms with Crippen LogP contribution < -0.4 is 5.32 Å². The Bertz CT molecular complexity index is 815. The standard InChI is InChI=1S/C24H27NO3/c26-15-14-23(17-8-2-1-3-9-17)25-24(27)28-16-22-20-12-6-4-10-18(20)19-11-5-7-13-21(19)22/h1-2,4-7,10-13,17,22-23,26H,3,8-9,14-16H2,(H,25,27). The number of nitrogens with one attached hydrogen (secondary N) is 1. The molecule has 2 aromatic rings. The number of amides is 1. The average molecular weight is 377 g/mol. The van der Waals surface area contributed by atoms with E-state index in [4.69, 9.17) is 4.74 Å². The van der Waals surface area contributed by atoms with Gasteiger partial charge in [0.05, 0.1) is 0 Å². The van der Waals surface area contributed by atoms with E-state index in [1.54, 1.807) is 0 Å². The zero-order valence-corrected chi connectivity index (χ0v) is 16.0. The van der Waals surface area contributed by atoms with Crippen LogP contribution in [0.2, 0.25) is 0 Å². The van der Waals surface area contributed by atoms with Crippen molar-refractivity contribution in [3.05, 3.63) is 71.8 Å². The van der Waals surface area contributed by atoms with Gasteiger partial charge in [0.15, 0.2) is 0 Å². The van der Waals surface area contributed by atoms with Crippen molar-refractivity contribution >= 4 is 6.09 Å². The van der Waals surface area contributed by atoms with E-state index in [9.17, 15) is 9.90 Å². The summed E-state index contributed by atoms with van der Waals surface area (Å²) in [7, 11) is 0. The van der Waals surface area contributed by atoms with Crippen LogP contribution in [-0.2, 0) is 4.74 Å². The van der Waals surface area contributed by atoms with Crippen LogP contribution in [0.3, 0.4) is 0 Å². The maximum atomic E-state index is 12.5. The van der Waals surface area contributed by atoms with E-state index in [0.29, 0.717) is 18.9 Å². The molecule has 2 aliphatic rings. The number of ether oxygens (including phenoxy) is 1. The summed E-state index contributed by atoms with van der Waals surface area (Å²) in [4.78, 5) is 12.5. The molecule has 0 saturated carbocycles. The number of allylic oxidation sites excluding steroid dienone is 2. The first-order valence-electron chi connectivity index (χ1n) is 10.2. The molecule has 2 atom stereocenters. The normalized spacial score (nSPS) is 19.0. The first-order valence-corrected chi connectivity index (χ1v) is 10.2. The predicted octanol–water partition coefficient (Wildman–Crippen LogP) is 4.63. The van der Waals surface area contributed by atoms with Gasteiger partial charge in [0.2, 0.25) is 0 Å². The van der Waals surface area contributed by atoms with Gasteiger partial charge < -0.3 is 15.2 Å². The topological polar surface area (TPSA) is 58.6 Å². The summed E-state index contributed by atoms with van der Waals surface area (Å²) in [6.07, 6.45) is 7.51. The Kier molecular flexibility index (Phi) is 5.77. The molecular formula is C24H27NO3. The van der Waals surface area contributed by atoms with Crippen LogP contribution in [0.25, 0.3) is 11.1 Å². The molecule has 4 nitrogen and oxygen atoms in total. The van der Waals surface area contributed by atoms with Crippen molar-refractivity contribution < 1.29 is 14.6 Å².